The monoisotopic (exact) mass is 430 g/mol. The first-order valence-electron chi connectivity index (χ1n) is 11.5. The molecule has 0 radical (unpaired) electrons. The van der Waals surface area contributed by atoms with Crippen LogP contribution in [0.3, 0.4) is 0 Å². The van der Waals surface area contributed by atoms with E-state index >= 15 is 0 Å². The molecule has 2 aromatic carbocycles. The van der Waals surface area contributed by atoms with Crippen LogP contribution >= 0.6 is 0 Å². The van der Waals surface area contributed by atoms with Gasteiger partial charge in [0.15, 0.2) is 0 Å². The molecule has 1 aliphatic heterocycles. The van der Waals surface area contributed by atoms with Crippen LogP contribution in [0.1, 0.15) is 51.8 Å². The maximum absolute atomic E-state index is 13.0. The molecule has 5 rings (SSSR count). The molecular formula is C26H30N4O2. The van der Waals surface area contributed by atoms with Crippen molar-refractivity contribution in [2.75, 3.05) is 19.6 Å². The molecule has 166 valence electrons. The predicted molar refractivity (Wildman–Crippen MR) is 124 cm³/mol. The second-order valence-electron chi connectivity index (χ2n) is 8.72. The number of carbonyl (C=O) groups excluding carboxylic acids is 1. The van der Waals surface area contributed by atoms with Gasteiger partial charge in [-0.3, -0.25) is 14.4 Å². The summed E-state index contributed by atoms with van der Waals surface area (Å²) >= 11 is 0. The summed E-state index contributed by atoms with van der Waals surface area (Å²) in [5.41, 5.74) is 5.30. The molecule has 0 saturated carbocycles. The fourth-order valence-corrected chi connectivity index (χ4v) is 4.87. The predicted octanol–water partition coefficient (Wildman–Crippen LogP) is 3.66. The first kappa shape index (κ1) is 20.8. The summed E-state index contributed by atoms with van der Waals surface area (Å²) < 4.78 is 8.15. The van der Waals surface area contributed by atoms with Crippen molar-refractivity contribution in [1.82, 2.24) is 20.0 Å². The van der Waals surface area contributed by atoms with Gasteiger partial charge in [0, 0.05) is 44.4 Å². The number of aromatic nitrogens is 2. The minimum atomic E-state index is -0.0420. The van der Waals surface area contributed by atoms with Gasteiger partial charge in [0.05, 0.1) is 5.69 Å². The number of nitrogens with one attached hydrogen (secondary N) is 1. The van der Waals surface area contributed by atoms with Gasteiger partial charge in [-0.05, 0) is 37.3 Å². The van der Waals surface area contributed by atoms with Crippen molar-refractivity contribution in [2.24, 2.45) is 7.05 Å². The normalized spacial score (nSPS) is 18.2. The third-order valence-electron chi connectivity index (χ3n) is 6.48. The molecule has 6 heteroatoms. The van der Waals surface area contributed by atoms with Crippen LogP contribution < -0.4 is 10.1 Å². The number of para-hydroxylation sites is 1. The van der Waals surface area contributed by atoms with Gasteiger partial charge in [-0.2, -0.15) is 5.10 Å². The van der Waals surface area contributed by atoms with E-state index in [4.69, 9.17) is 4.74 Å². The molecule has 1 amide bonds. The highest BCUT2D eigenvalue weighted by molar-refractivity contribution is 5.94. The van der Waals surface area contributed by atoms with Crippen molar-refractivity contribution in [1.29, 1.82) is 0 Å². The van der Waals surface area contributed by atoms with E-state index in [0.717, 1.165) is 68.0 Å². The molecule has 32 heavy (non-hydrogen) atoms. The number of fused-ring (bicyclic) bond motifs is 2. The molecule has 1 aliphatic carbocycles. The number of rotatable bonds is 5. The van der Waals surface area contributed by atoms with E-state index in [0.29, 0.717) is 6.54 Å². The molecule has 0 bridgehead atoms. The number of benzene rings is 2. The number of carbonyl (C=O) groups is 1. The van der Waals surface area contributed by atoms with Crippen LogP contribution in [0.15, 0.2) is 54.6 Å². The van der Waals surface area contributed by atoms with Crippen LogP contribution in [0.4, 0.5) is 0 Å². The Kier molecular flexibility index (Phi) is 5.95. The molecule has 1 N–H and O–H groups in total. The Balaban J connectivity index is 1.27. The third-order valence-corrected chi connectivity index (χ3v) is 6.48. The molecule has 1 aromatic heterocycles. The van der Waals surface area contributed by atoms with Crippen LogP contribution in [0.2, 0.25) is 0 Å². The van der Waals surface area contributed by atoms with Gasteiger partial charge in [-0.1, -0.05) is 48.5 Å². The smallest absolute Gasteiger partial charge is 0.269 e. The van der Waals surface area contributed by atoms with Crippen molar-refractivity contribution in [3.63, 3.8) is 0 Å². The summed E-state index contributed by atoms with van der Waals surface area (Å²) in [5, 5.41) is 7.72. The summed E-state index contributed by atoms with van der Waals surface area (Å²) in [6, 6.07) is 18.6. The number of aryl methyl sites for hydroxylation is 2. The molecule has 0 unspecified atom stereocenters. The SMILES string of the molecule is Cn1nc2c(c1C(=O)NCCN1Cc3ccccc3O[C@H](c3ccccc3)C1)CCCC2. The second-order valence-corrected chi connectivity index (χ2v) is 8.72. The molecule has 0 saturated heterocycles. The van der Waals surface area contributed by atoms with Crippen LogP contribution in [-0.4, -0.2) is 40.2 Å². The minimum Gasteiger partial charge on any atom is -0.484 e. The zero-order valence-corrected chi connectivity index (χ0v) is 18.6. The molecule has 2 aliphatic rings. The van der Waals surface area contributed by atoms with E-state index in [9.17, 15) is 4.79 Å². The summed E-state index contributed by atoms with van der Waals surface area (Å²) in [5.74, 6) is 0.920. The standard InChI is InChI=1S/C26H30N4O2/c1-29-25(21-12-6-7-13-22(21)28-29)26(31)27-15-16-30-17-20-11-5-8-14-23(20)32-24(18-30)19-9-3-2-4-10-19/h2-5,8-11,14,24H,6-7,12-13,15-18H2,1H3,(H,27,31)/t24-/m0/s1. The molecule has 1 atom stereocenters. The van der Waals surface area contributed by atoms with Gasteiger partial charge in [0.2, 0.25) is 0 Å². The maximum Gasteiger partial charge on any atom is 0.269 e. The molecule has 6 nitrogen and oxygen atoms in total. The Bertz CT molecular complexity index is 1090. The van der Waals surface area contributed by atoms with Gasteiger partial charge in [-0.15, -0.1) is 0 Å². The Morgan fingerprint density at radius 1 is 1.09 bits per heavy atom. The quantitative estimate of drug-likeness (QED) is 0.671. The van der Waals surface area contributed by atoms with Gasteiger partial charge >= 0.3 is 0 Å². The molecular weight excluding hydrogens is 400 g/mol. The van der Waals surface area contributed by atoms with Crippen molar-refractivity contribution < 1.29 is 9.53 Å². The zero-order valence-electron chi connectivity index (χ0n) is 18.6. The van der Waals surface area contributed by atoms with Crippen LogP contribution in [0.25, 0.3) is 0 Å². The molecule has 2 heterocycles. The number of hydrogen-bond acceptors (Lipinski definition) is 4. The number of amides is 1. The lowest BCUT2D eigenvalue weighted by Crippen LogP contribution is -2.37. The first-order valence-corrected chi connectivity index (χ1v) is 11.5. The van der Waals surface area contributed by atoms with Crippen molar-refractivity contribution in [2.45, 2.75) is 38.3 Å². The summed E-state index contributed by atoms with van der Waals surface area (Å²) in [4.78, 5) is 15.3. The average Bonchev–Trinajstić information content (AvgIpc) is 3.03. The van der Waals surface area contributed by atoms with Crippen LogP contribution in [0, 0.1) is 0 Å². The highest BCUT2D eigenvalue weighted by Gasteiger charge is 2.26. The largest absolute Gasteiger partial charge is 0.484 e. The summed E-state index contributed by atoms with van der Waals surface area (Å²) in [6.45, 7) is 2.92. The Labute approximate surface area is 189 Å². The third kappa shape index (κ3) is 4.28. The highest BCUT2D eigenvalue weighted by atomic mass is 16.5. The number of nitrogens with zero attached hydrogens (tertiary/aromatic N) is 3. The number of ether oxygens (including phenoxy) is 1. The lowest BCUT2D eigenvalue weighted by Gasteiger charge is -2.24. The fourth-order valence-electron chi connectivity index (χ4n) is 4.87. The maximum atomic E-state index is 13.0. The topological polar surface area (TPSA) is 59.4 Å². The summed E-state index contributed by atoms with van der Waals surface area (Å²) in [7, 11) is 1.88. The second kappa shape index (κ2) is 9.17. The van der Waals surface area contributed by atoms with Gasteiger partial charge in [0.25, 0.3) is 5.91 Å². The van der Waals surface area contributed by atoms with Crippen molar-refractivity contribution in [3.8, 4) is 5.75 Å². The Hall–Kier alpha value is -3.12. The Morgan fingerprint density at radius 3 is 2.75 bits per heavy atom. The molecule has 0 spiro atoms. The van der Waals surface area contributed by atoms with E-state index < -0.39 is 0 Å². The minimum absolute atomic E-state index is 0.0192. The lowest BCUT2D eigenvalue weighted by molar-refractivity contribution is 0.0932. The fraction of sp³-hybridized carbons (Fsp3) is 0.385. The van der Waals surface area contributed by atoms with Crippen molar-refractivity contribution in [3.05, 3.63) is 82.7 Å². The van der Waals surface area contributed by atoms with Gasteiger partial charge < -0.3 is 10.1 Å². The molecule has 3 aromatic rings. The zero-order chi connectivity index (χ0) is 21.9. The lowest BCUT2D eigenvalue weighted by atomic mass is 9.95. The van der Waals surface area contributed by atoms with E-state index in [2.05, 4.69) is 51.7 Å². The van der Waals surface area contributed by atoms with E-state index in [1.165, 1.54) is 11.1 Å². The molecule has 0 fully saturated rings. The van der Waals surface area contributed by atoms with Gasteiger partial charge in [0.1, 0.15) is 17.5 Å². The van der Waals surface area contributed by atoms with Crippen LogP contribution in [0.5, 0.6) is 5.75 Å². The highest BCUT2D eigenvalue weighted by Crippen LogP contribution is 2.31. The number of hydrogen-bond donors (Lipinski definition) is 1. The van der Waals surface area contributed by atoms with E-state index in [1.807, 2.05) is 25.2 Å². The summed E-state index contributed by atoms with van der Waals surface area (Å²) in [6.07, 6.45) is 4.17. The van der Waals surface area contributed by atoms with Gasteiger partial charge in [-0.25, -0.2) is 0 Å². The van der Waals surface area contributed by atoms with Crippen LogP contribution in [-0.2, 0) is 26.4 Å². The average molecular weight is 431 g/mol. The van der Waals surface area contributed by atoms with E-state index in [1.54, 1.807) is 4.68 Å². The first-order chi connectivity index (χ1) is 15.7. The van der Waals surface area contributed by atoms with Crippen molar-refractivity contribution >= 4 is 5.91 Å². The van der Waals surface area contributed by atoms with E-state index in [-0.39, 0.29) is 12.0 Å². The Morgan fingerprint density at radius 2 is 1.88 bits per heavy atom.